The molecule has 0 bridgehead atoms. The first-order chi connectivity index (χ1) is 14.8. The Morgan fingerprint density at radius 3 is 2.58 bits per heavy atom. The Morgan fingerprint density at radius 2 is 2.00 bits per heavy atom. The highest BCUT2D eigenvalue weighted by Crippen LogP contribution is 2.42. The lowest BCUT2D eigenvalue weighted by Crippen LogP contribution is -2.30. The molecule has 1 aromatic carbocycles. The number of carbonyl (C=O) groups excluding carboxylic acids is 2. The number of methoxy groups -OCH3 is 1. The summed E-state index contributed by atoms with van der Waals surface area (Å²) in [6.45, 7) is 8.57. The predicted molar refractivity (Wildman–Crippen MR) is 125 cm³/mol. The molecule has 0 aliphatic carbocycles. The number of nitrogens with zero attached hydrogens (tertiary/aromatic N) is 1. The van der Waals surface area contributed by atoms with Gasteiger partial charge >= 0.3 is 0 Å². The van der Waals surface area contributed by atoms with Gasteiger partial charge < -0.3 is 14.7 Å². The Bertz CT molecular complexity index is 991. The topological polar surface area (TPSA) is 66.8 Å². The number of likely N-dealkylation sites (tertiary alicyclic amines) is 1. The van der Waals surface area contributed by atoms with Gasteiger partial charge in [-0.15, -0.1) is 11.3 Å². The van der Waals surface area contributed by atoms with Gasteiger partial charge in [0.2, 0.25) is 0 Å². The van der Waals surface area contributed by atoms with E-state index in [9.17, 15) is 14.7 Å². The van der Waals surface area contributed by atoms with Gasteiger partial charge in [-0.25, -0.2) is 0 Å². The van der Waals surface area contributed by atoms with Crippen LogP contribution in [0.3, 0.4) is 0 Å². The molecule has 1 saturated heterocycles. The van der Waals surface area contributed by atoms with Crippen LogP contribution in [0.5, 0.6) is 5.75 Å². The molecule has 6 heteroatoms. The molecule has 0 saturated carbocycles. The minimum absolute atomic E-state index is 0.114. The number of aryl methyl sites for hydroxylation is 1. The van der Waals surface area contributed by atoms with Crippen LogP contribution in [0.15, 0.2) is 35.2 Å². The molecule has 1 aliphatic rings. The number of amides is 1. The molecule has 1 amide bonds. The molecule has 1 atom stereocenters. The average molecular weight is 442 g/mol. The Balaban J connectivity index is 2.17. The Kier molecular flexibility index (Phi) is 7.21. The summed E-state index contributed by atoms with van der Waals surface area (Å²) in [5, 5.41) is 13.3. The van der Waals surface area contributed by atoms with E-state index in [0.717, 1.165) is 41.0 Å². The van der Waals surface area contributed by atoms with Crippen LogP contribution in [-0.4, -0.2) is 35.4 Å². The number of benzene rings is 1. The van der Waals surface area contributed by atoms with Crippen molar-refractivity contribution in [3.8, 4) is 5.75 Å². The molecule has 31 heavy (non-hydrogen) atoms. The van der Waals surface area contributed by atoms with Crippen LogP contribution in [0.4, 0.5) is 0 Å². The highest BCUT2D eigenvalue weighted by Gasteiger charge is 2.46. The van der Waals surface area contributed by atoms with E-state index in [0.29, 0.717) is 12.1 Å². The minimum atomic E-state index is -0.617. The van der Waals surface area contributed by atoms with E-state index >= 15 is 0 Å². The number of Topliss-reactive ketones (excluding diaryl/α,β-unsaturated/α-hetero) is 1. The van der Waals surface area contributed by atoms with Gasteiger partial charge in [0.05, 0.1) is 18.7 Å². The van der Waals surface area contributed by atoms with Gasteiger partial charge in [0.15, 0.2) is 0 Å². The maximum atomic E-state index is 13.1. The molecule has 1 aliphatic heterocycles. The molecule has 2 aromatic rings. The van der Waals surface area contributed by atoms with Crippen molar-refractivity contribution in [2.75, 3.05) is 13.7 Å². The van der Waals surface area contributed by atoms with E-state index in [1.165, 1.54) is 11.3 Å². The van der Waals surface area contributed by atoms with E-state index in [-0.39, 0.29) is 17.3 Å². The summed E-state index contributed by atoms with van der Waals surface area (Å²) >= 11 is 1.49. The second-order valence-corrected chi connectivity index (χ2v) is 9.26. The van der Waals surface area contributed by atoms with Gasteiger partial charge in [0.25, 0.3) is 11.7 Å². The van der Waals surface area contributed by atoms with E-state index in [4.69, 9.17) is 4.74 Å². The number of carbonyl (C=O) groups is 2. The van der Waals surface area contributed by atoms with Crippen molar-refractivity contribution in [3.63, 3.8) is 0 Å². The third-order valence-electron chi connectivity index (χ3n) is 5.81. The van der Waals surface area contributed by atoms with Crippen LogP contribution < -0.4 is 4.74 Å². The first kappa shape index (κ1) is 23.1. The van der Waals surface area contributed by atoms with Crippen LogP contribution >= 0.6 is 11.3 Å². The van der Waals surface area contributed by atoms with E-state index < -0.39 is 17.7 Å². The van der Waals surface area contributed by atoms with Crippen LogP contribution in [0.1, 0.15) is 73.6 Å². The number of hydrogen-bond acceptors (Lipinski definition) is 5. The molecule has 1 fully saturated rings. The summed E-state index contributed by atoms with van der Waals surface area (Å²) in [4.78, 5) is 28.5. The molecule has 0 spiro atoms. The van der Waals surface area contributed by atoms with Crippen LogP contribution in [0.25, 0.3) is 5.76 Å². The van der Waals surface area contributed by atoms with Gasteiger partial charge in [-0.05, 0) is 54.0 Å². The number of hydrogen-bond donors (Lipinski definition) is 1. The molecule has 2 heterocycles. The number of rotatable bonds is 8. The lowest BCUT2D eigenvalue weighted by atomic mass is 9.92. The summed E-state index contributed by atoms with van der Waals surface area (Å²) in [7, 11) is 1.62. The zero-order valence-corrected chi connectivity index (χ0v) is 19.7. The molecule has 1 unspecified atom stereocenters. The molecule has 3 rings (SSSR count). The van der Waals surface area contributed by atoms with Gasteiger partial charge in [-0.3, -0.25) is 9.59 Å². The van der Waals surface area contributed by atoms with Crippen molar-refractivity contribution in [2.24, 2.45) is 0 Å². The third kappa shape index (κ3) is 4.40. The maximum absolute atomic E-state index is 13.1. The van der Waals surface area contributed by atoms with Crippen molar-refractivity contribution < 1.29 is 19.4 Å². The first-order valence-corrected chi connectivity index (χ1v) is 11.7. The van der Waals surface area contributed by atoms with Gasteiger partial charge in [0.1, 0.15) is 11.5 Å². The van der Waals surface area contributed by atoms with E-state index in [2.05, 4.69) is 20.8 Å². The van der Waals surface area contributed by atoms with Crippen molar-refractivity contribution in [1.82, 2.24) is 4.90 Å². The minimum Gasteiger partial charge on any atom is -0.507 e. The number of thiophene rings is 1. The monoisotopic (exact) mass is 441 g/mol. The van der Waals surface area contributed by atoms with Crippen LogP contribution in [0, 0.1) is 6.92 Å². The lowest BCUT2D eigenvalue weighted by Gasteiger charge is -2.24. The average Bonchev–Trinajstić information content (AvgIpc) is 3.35. The SMILES string of the molecule is CCCCCN1C(=O)C(=O)/C(=C(/O)c2cc(C(C)C)c(OC)cc2C)C1c1cccs1. The summed E-state index contributed by atoms with van der Waals surface area (Å²) in [5.74, 6) is -0.345. The summed E-state index contributed by atoms with van der Waals surface area (Å²) in [6.07, 6.45) is 2.83. The maximum Gasteiger partial charge on any atom is 0.295 e. The number of aliphatic hydroxyl groups is 1. The normalized spacial score (nSPS) is 18.3. The zero-order valence-electron chi connectivity index (χ0n) is 18.9. The molecule has 5 nitrogen and oxygen atoms in total. The van der Waals surface area contributed by atoms with Gasteiger partial charge in [-0.2, -0.15) is 0 Å². The largest absolute Gasteiger partial charge is 0.507 e. The number of ether oxygens (including phenoxy) is 1. The predicted octanol–water partition coefficient (Wildman–Crippen LogP) is 5.80. The molecule has 1 aromatic heterocycles. The van der Waals surface area contributed by atoms with Crippen molar-refractivity contribution in [2.45, 2.75) is 58.9 Å². The molecule has 1 N–H and O–H groups in total. The second kappa shape index (κ2) is 9.69. The number of ketones is 1. The molecule has 0 radical (unpaired) electrons. The third-order valence-corrected chi connectivity index (χ3v) is 6.73. The summed E-state index contributed by atoms with van der Waals surface area (Å²) in [5.41, 5.74) is 2.48. The van der Waals surface area contributed by atoms with Crippen LogP contribution in [0.2, 0.25) is 0 Å². The quantitative estimate of drug-likeness (QED) is 0.243. The van der Waals surface area contributed by atoms with E-state index in [1.807, 2.05) is 36.6 Å². The van der Waals surface area contributed by atoms with Crippen molar-refractivity contribution in [3.05, 3.63) is 56.8 Å². The summed E-state index contributed by atoms with van der Waals surface area (Å²) in [6, 6.07) is 7.02. The standard InChI is InChI=1S/C25H31NO4S/c1-6-7-8-11-26-22(20-10-9-12-31-20)21(24(28)25(26)29)23(27)18-14-17(15(2)3)19(30-5)13-16(18)4/h9-10,12-15,22,27H,6-8,11H2,1-5H3/b23-21+. The Labute approximate surface area is 188 Å². The zero-order chi connectivity index (χ0) is 22.7. The smallest absolute Gasteiger partial charge is 0.295 e. The number of aliphatic hydroxyl groups excluding tert-OH is 1. The summed E-state index contributed by atoms with van der Waals surface area (Å²) < 4.78 is 5.51. The van der Waals surface area contributed by atoms with Crippen molar-refractivity contribution in [1.29, 1.82) is 0 Å². The van der Waals surface area contributed by atoms with Gasteiger partial charge in [-0.1, -0.05) is 39.7 Å². The fraction of sp³-hybridized carbons (Fsp3) is 0.440. The van der Waals surface area contributed by atoms with Crippen LogP contribution in [-0.2, 0) is 9.59 Å². The lowest BCUT2D eigenvalue weighted by molar-refractivity contribution is -0.139. The first-order valence-electron chi connectivity index (χ1n) is 10.8. The number of unbranched alkanes of at least 4 members (excludes halogenated alkanes) is 2. The van der Waals surface area contributed by atoms with E-state index in [1.54, 1.807) is 12.0 Å². The molecule has 166 valence electrons. The fourth-order valence-electron chi connectivity index (χ4n) is 4.11. The Morgan fingerprint density at radius 1 is 1.26 bits per heavy atom. The Hall–Kier alpha value is -2.60. The highest BCUT2D eigenvalue weighted by atomic mass is 32.1. The van der Waals surface area contributed by atoms with Crippen molar-refractivity contribution >= 4 is 28.8 Å². The highest BCUT2D eigenvalue weighted by molar-refractivity contribution is 7.10. The second-order valence-electron chi connectivity index (χ2n) is 8.28. The molecular weight excluding hydrogens is 410 g/mol. The molecular formula is C25H31NO4S. The van der Waals surface area contributed by atoms with Gasteiger partial charge in [0, 0.05) is 17.0 Å². The fourth-order valence-corrected chi connectivity index (χ4v) is 4.96.